The van der Waals surface area contributed by atoms with Crippen molar-refractivity contribution < 1.29 is 8.78 Å². The Labute approximate surface area is 84.4 Å². The molecule has 0 aromatic heterocycles. The number of halogens is 2. The van der Waals surface area contributed by atoms with E-state index in [1.54, 1.807) is 17.0 Å². The van der Waals surface area contributed by atoms with Crippen LogP contribution in [-0.2, 0) is 0 Å². The molecule has 0 amide bonds. The SMILES string of the molecule is CC.CN(C)c1cccc(C(F)F)c1. The van der Waals surface area contributed by atoms with E-state index in [4.69, 9.17) is 0 Å². The Kier molecular flexibility index (Phi) is 5.84. The summed E-state index contributed by atoms with van der Waals surface area (Å²) in [7, 11) is 3.65. The topological polar surface area (TPSA) is 3.24 Å². The van der Waals surface area contributed by atoms with Gasteiger partial charge in [0.25, 0.3) is 6.43 Å². The van der Waals surface area contributed by atoms with Crippen molar-refractivity contribution in [3.05, 3.63) is 29.8 Å². The molecular weight excluding hydrogens is 184 g/mol. The van der Waals surface area contributed by atoms with E-state index in [0.717, 1.165) is 5.69 Å². The second-order valence-electron chi connectivity index (χ2n) is 2.79. The van der Waals surface area contributed by atoms with Crippen LogP contribution in [0.2, 0.25) is 0 Å². The Morgan fingerprint density at radius 2 is 1.71 bits per heavy atom. The molecule has 0 radical (unpaired) electrons. The van der Waals surface area contributed by atoms with Crippen LogP contribution in [0, 0.1) is 0 Å². The molecule has 0 saturated heterocycles. The minimum atomic E-state index is -2.38. The van der Waals surface area contributed by atoms with Gasteiger partial charge in [-0.25, -0.2) is 8.78 Å². The van der Waals surface area contributed by atoms with Gasteiger partial charge in [-0.05, 0) is 12.1 Å². The predicted octanol–water partition coefficient (Wildman–Crippen LogP) is 3.72. The Balaban J connectivity index is 0.000000791. The van der Waals surface area contributed by atoms with Gasteiger partial charge in [-0.15, -0.1) is 0 Å². The van der Waals surface area contributed by atoms with Gasteiger partial charge in [-0.1, -0.05) is 26.0 Å². The highest BCUT2D eigenvalue weighted by atomic mass is 19.3. The smallest absolute Gasteiger partial charge is 0.263 e. The monoisotopic (exact) mass is 201 g/mol. The van der Waals surface area contributed by atoms with E-state index in [0.29, 0.717) is 0 Å². The maximum Gasteiger partial charge on any atom is 0.263 e. The maximum atomic E-state index is 12.2. The van der Waals surface area contributed by atoms with Gasteiger partial charge in [-0.2, -0.15) is 0 Å². The molecule has 0 aliphatic heterocycles. The normalized spacial score (nSPS) is 9.36. The third-order valence-electron chi connectivity index (χ3n) is 1.64. The fourth-order valence-electron chi connectivity index (χ4n) is 0.939. The zero-order valence-corrected chi connectivity index (χ0v) is 9.09. The van der Waals surface area contributed by atoms with E-state index in [1.807, 2.05) is 27.9 Å². The molecule has 1 rings (SSSR count). The lowest BCUT2D eigenvalue weighted by Gasteiger charge is -2.12. The summed E-state index contributed by atoms with van der Waals surface area (Å²) >= 11 is 0. The van der Waals surface area contributed by atoms with Crippen LogP contribution in [0.4, 0.5) is 14.5 Å². The minimum Gasteiger partial charge on any atom is -0.378 e. The van der Waals surface area contributed by atoms with Crippen molar-refractivity contribution in [1.29, 1.82) is 0 Å². The average Bonchev–Trinajstić information content (AvgIpc) is 2.21. The summed E-state index contributed by atoms with van der Waals surface area (Å²) in [5, 5.41) is 0. The van der Waals surface area contributed by atoms with E-state index in [-0.39, 0.29) is 5.56 Å². The van der Waals surface area contributed by atoms with E-state index in [9.17, 15) is 8.78 Å². The lowest BCUT2D eigenvalue weighted by molar-refractivity contribution is 0.151. The van der Waals surface area contributed by atoms with Crippen molar-refractivity contribution in [3.63, 3.8) is 0 Å². The van der Waals surface area contributed by atoms with Crippen LogP contribution in [0.5, 0.6) is 0 Å². The number of nitrogens with zero attached hydrogens (tertiary/aromatic N) is 1. The summed E-state index contributed by atoms with van der Waals surface area (Å²) in [4.78, 5) is 1.80. The van der Waals surface area contributed by atoms with Crippen LogP contribution in [0.3, 0.4) is 0 Å². The van der Waals surface area contributed by atoms with Gasteiger partial charge in [0.2, 0.25) is 0 Å². The van der Waals surface area contributed by atoms with Crippen LogP contribution in [0.25, 0.3) is 0 Å². The molecule has 14 heavy (non-hydrogen) atoms. The van der Waals surface area contributed by atoms with Gasteiger partial charge in [0.1, 0.15) is 0 Å². The third kappa shape index (κ3) is 3.73. The number of alkyl halides is 2. The van der Waals surface area contributed by atoms with Crippen molar-refractivity contribution in [3.8, 4) is 0 Å². The molecule has 0 heterocycles. The summed E-state index contributed by atoms with van der Waals surface area (Å²) in [6.45, 7) is 4.00. The number of hydrogen-bond acceptors (Lipinski definition) is 1. The molecule has 1 nitrogen and oxygen atoms in total. The molecule has 0 N–H and O–H groups in total. The number of hydrogen-bond donors (Lipinski definition) is 0. The molecule has 0 fully saturated rings. The summed E-state index contributed by atoms with van der Waals surface area (Å²) in [6.07, 6.45) is -2.38. The largest absolute Gasteiger partial charge is 0.378 e. The molecule has 1 aromatic rings. The molecule has 0 unspecified atom stereocenters. The van der Waals surface area contributed by atoms with Crippen LogP contribution >= 0.6 is 0 Å². The number of rotatable bonds is 2. The van der Waals surface area contributed by atoms with Crippen LogP contribution in [0.1, 0.15) is 25.8 Å². The average molecular weight is 201 g/mol. The standard InChI is InChI=1S/C9H11F2N.C2H6/c1-12(2)8-5-3-4-7(6-8)9(10)11;1-2/h3-6,9H,1-2H3;1-2H3. The highest BCUT2D eigenvalue weighted by Gasteiger charge is 2.06. The molecule has 1 aromatic carbocycles. The number of benzene rings is 1. The maximum absolute atomic E-state index is 12.2. The first-order valence-corrected chi connectivity index (χ1v) is 4.66. The molecule has 0 aliphatic carbocycles. The Bertz CT molecular complexity index is 236. The van der Waals surface area contributed by atoms with Crippen molar-refractivity contribution in [2.24, 2.45) is 0 Å². The first-order valence-electron chi connectivity index (χ1n) is 4.66. The fraction of sp³-hybridized carbons (Fsp3) is 0.455. The van der Waals surface area contributed by atoms with Gasteiger partial charge < -0.3 is 4.90 Å². The van der Waals surface area contributed by atoms with E-state index < -0.39 is 6.43 Å². The molecule has 80 valence electrons. The van der Waals surface area contributed by atoms with Crippen molar-refractivity contribution in [1.82, 2.24) is 0 Å². The zero-order valence-electron chi connectivity index (χ0n) is 9.09. The lowest BCUT2D eigenvalue weighted by Crippen LogP contribution is -2.08. The highest BCUT2D eigenvalue weighted by Crippen LogP contribution is 2.22. The second-order valence-corrected chi connectivity index (χ2v) is 2.79. The number of anilines is 1. The van der Waals surface area contributed by atoms with E-state index in [1.165, 1.54) is 12.1 Å². The summed E-state index contributed by atoms with van der Waals surface area (Å²) < 4.78 is 24.4. The molecule has 0 saturated carbocycles. The predicted molar refractivity (Wildman–Crippen MR) is 57.1 cm³/mol. The second kappa shape index (κ2) is 6.35. The van der Waals surface area contributed by atoms with Gasteiger partial charge in [0, 0.05) is 25.3 Å². The van der Waals surface area contributed by atoms with Gasteiger partial charge >= 0.3 is 0 Å². The Hall–Kier alpha value is -1.12. The fourth-order valence-corrected chi connectivity index (χ4v) is 0.939. The summed E-state index contributed by atoms with van der Waals surface area (Å²) in [5.74, 6) is 0. The van der Waals surface area contributed by atoms with Gasteiger partial charge in [0.15, 0.2) is 0 Å². The zero-order chi connectivity index (χ0) is 11.1. The summed E-state index contributed by atoms with van der Waals surface area (Å²) in [6, 6.07) is 6.35. The third-order valence-corrected chi connectivity index (χ3v) is 1.64. The molecule has 0 aliphatic rings. The Morgan fingerprint density at radius 3 is 2.14 bits per heavy atom. The molecule has 0 atom stereocenters. The lowest BCUT2D eigenvalue weighted by atomic mass is 10.2. The van der Waals surface area contributed by atoms with Crippen LogP contribution < -0.4 is 4.90 Å². The van der Waals surface area contributed by atoms with E-state index in [2.05, 4.69) is 0 Å². The molecule has 0 bridgehead atoms. The first kappa shape index (κ1) is 12.9. The molecule has 3 heteroatoms. The highest BCUT2D eigenvalue weighted by molar-refractivity contribution is 5.47. The van der Waals surface area contributed by atoms with Crippen molar-refractivity contribution in [2.45, 2.75) is 20.3 Å². The first-order chi connectivity index (χ1) is 6.61. The summed E-state index contributed by atoms with van der Waals surface area (Å²) in [5.41, 5.74) is 0.869. The molecule has 0 spiro atoms. The minimum absolute atomic E-state index is 0.0706. The Morgan fingerprint density at radius 1 is 1.14 bits per heavy atom. The van der Waals surface area contributed by atoms with Gasteiger partial charge in [-0.3, -0.25) is 0 Å². The van der Waals surface area contributed by atoms with Gasteiger partial charge in [0.05, 0.1) is 0 Å². The van der Waals surface area contributed by atoms with E-state index >= 15 is 0 Å². The van der Waals surface area contributed by atoms with Crippen molar-refractivity contribution in [2.75, 3.05) is 19.0 Å². The quantitative estimate of drug-likeness (QED) is 0.705. The van der Waals surface area contributed by atoms with Crippen LogP contribution in [0.15, 0.2) is 24.3 Å². The van der Waals surface area contributed by atoms with Crippen LogP contribution in [-0.4, -0.2) is 14.1 Å². The van der Waals surface area contributed by atoms with Crippen molar-refractivity contribution >= 4 is 5.69 Å². The molecular formula is C11H17F2N.